The zero-order chi connectivity index (χ0) is 10.9. The van der Waals surface area contributed by atoms with Gasteiger partial charge in [0.2, 0.25) is 0 Å². The van der Waals surface area contributed by atoms with E-state index in [2.05, 4.69) is 0 Å². The van der Waals surface area contributed by atoms with Gasteiger partial charge < -0.3 is 15.2 Å². The number of benzene rings is 1. The minimum Gasteiger partial charge on any atom is -0.493 e. The molecule has 0 unspecified atom stereocenters. The fourth-order valence-electron chi connectivity index (χ4n) is 1.42. The highest BCUT2D eigenvalue weighted by Crippen LogP contribution is 2.35. The zero-order valence-corrected chi connectivity index (χ0v) is 10.5. The maximum atomic E-state index is 5.95. The molecule has 16 heavy (non-hydrogen) atoms. The molecule has 0 radical (unpaired) electrons. The van der Waals surface area contributed by atoms with Crippen LogP contribution >= 0.6 is 12.4 Å². The van der Waals surface area contributed by atoms with Crippen molar-refractivity contribution in [3.63, 3.8) is 0 Å². The molecule has 2 rings (SSSR count). The molecular weight excluding hydrogens is 226 g/mol. The highest BCUT2D eigenvalue weighted by Gasteiger charge is 2.39. The summed E-state index contributed by atoms with van der Waals surface area (Å²) in [6.45, 7) is 2.60. The summed E-state index contributed by atoms with van der Waals surface area (Å²) in [4.78, 5) is 0. The van der Waals surface area contributed by atoms with Crippen molar-refractivity contribution in [3.8, 4) is 11.5 Å². The van der Waals surface area contributed by atoms with Gasteiger partial charge in [0.05, 0.1) is 12.6 Å². The smallest absolute Gasteiger partial charge is 0.161 e. The topological polar surface area (TPSA) is 44.5 Å². The van der Waals surface area contributed by atoms with Crippen molar-refractivity contribution in [1.29, 1.82) is 0 Å². The molecule has 0 amide bonds. The number of methoxy groups -OCH3 is 1. The third-order valence-electron chi connectivity index (χ3n) is 2.73. The number of aryl methyl sites for hydroxylation is 1. The van der Waals surface area contributed by atoms with Crippen LogP contribution in [-0.4, -0.2) is 19.3 Å². The highest BCUT2D eigenvalue weighted by atomic mass is 35.5. The maximum Gasteiger partial charge on any atom is 0.161 e. The second-order valence-electron chi connectivity index (χ2n) is 4.31. The van der Waals surface area contributed by atoms with Gasteiger partial charge in [-0.25, -0.2) is 0 Å². The molecule has 3 nitrogen and oxygen atoms in total. The van der Waals surface area contributed by atoms with E-state index < -0.39 is 0 Å². The van der Waals surface area contributed by atoms with Gasteiger partial charge in [-0.15, -0.1) is 12.4 Å². The average Bonchev–Trinajstić information content (AvgIpc) is 2.95. The molecule has 0 heterocycles. The van der Waals surface area contributed by atoms with Gasteiger partial charge in [0.25, 0.3) is 0 Å². The molecule has 1 fully saturated rings. The van der Waals surface area contributed by atoms with E-state index >= 15 is 0 Å². The van der Waals surface area contributed by atoms with E-state index in [9.17, 15) is 0 Å². The first-order chi connectivity index (χ1) is 7.13. The summed E-state index contributed by atoms with van der Waals surface area (Å²) in [6, 6.07) is 5.90. The minimum atomic E-state index is -0.0874. The molecule has 0 spiro atoms. The van der Waals surface area contributed by atoms with E-state index in [-0.39, 0.29) is 17.9 Å². The van der Waals surface area contributed by atoms with Gasteiger partial charge in [0.1, 0.15) is 6.61 Å². The summed E-state index contributed by atoms with van der Waals surface area (Å²) < 4.78 is 10.9. The van der Waals surface area contributed by atoms with E-state index in [0.717, 1.165) is 29.9 Å². The van der Waals surface area contributed by atoms with Crippen LogP contribution in [0.15, 0.2) is 18.2 Å². The van der Waals surface area contributed by atoms with Crippen molar-refractivity contribution in [1.82, 2.24) is 0 Å². The van der Waals surface area contributed by atoms with Crippen molar-refractivity contribution in [2.45, 2.75) is 25.3 Å². The molecule has 2 N–H and O–H groups in total. The van der Waals surface area contributed by atoms with Crippen molar-refractivity contribution < 1.29 is 9.47 Å². The lowest BCUT2D eigenvalue weighted by Gasteiger charge is -2.14. The predicted octanol–water partition coefficient (Wildman–Crippen LogP) is 2.30. The molecule has 4 heteroatoms. The normalized spacial score (nSPS) is 16.2. The van der Waals surface area contributed by atoms with Crippen LogP contribution in [0.5, 0.6) is 11.5 Å². The van der Waals surface area contributed by atoms with Crippen LogP contribution in [0.2, 0.25) is 0 Å². The number of hydrogen-bond donors (Lipinski definition) is 1. The van der Waals surface area contributed by atoms with Gasteiger partial charge in [0.15, 0.2) is 11.5 Å². The molecule has 1 aromatic carbocycles. The summed E-state index contributed by atoms with van der Waals surface area (Å²) in [6.07, 6.45) is 2.11. The third kappa shape index (κ3) is 3.03. The lowest BCUT2D eigenvalue weighted by Crippen LogP contribution is -2.29. The Labute approximate surface area is 102 Å². The second-order valence-corrected chi connectivity index (χ2v) is 4.31. The number of hydrogen-bond acceptors (Lipinski definition) is 3. The zero-order valence-electron chi connectivity index (χ0n) is 9.66. The van der Waals surface area contributed by atoms with E-state index in [1.165, 1.54) is 0 Å². The van der Waals surface area contributed by atoms with Crippen molar-refractivity contribution in [2.24, 2.45) is 5.73 Å². The summed E-state index contributed by atoms with van der Waals surface area (Å²) in [5.74, 6) is 1.55. The first-order valence-corrected chi connectivity index (χ1v) is 5.19. The molecular formula is C12H18ClNO2. The molecule has 1 aliphatic rings. The van der Waals surface area contributed by atoms with Gasteiger partial charge >= 0.3 is 0 Å². The number of ether oxygens (including phenoxy) is 2. The SMILES string of the molecule is COc1cc(C)ccc1OCC1(N)CC1.Cl. The van der Waals surface area contributed by atoms with Crippen LogP contribution in [0.3, 0.4) is 0 Å². The monoisotopic (exact) mass is 243 g/mol. The number of halogens is 1. The van der Waals surface area contributed by atoms with Crippen LogP contribution in [0, 0.1) is 6.92 Å². The molecule has 0 saturated heterocycles. The van der Waals surface area contributed by atoms with Gasteiger partial charge in [0, 0.05) is 0 Å². The number of nitrogens with two attached hydrogens (primary N) is 1. The lowest BCUT2D eigenvalue weighted by atomic mass is 10.2. The third-order valence-corrected chi connectivity index (χ3v) is 2.73. The van der Waals surface area contributed by atoms with Gasteiger partial charge in [-0.3, -0.25) is 0 Å². The van der Waals surface area contributed by atoms with Crippen molar-refractivity contribution in [2.75, 3.05) is 13.7 Å². The second kappa shape index (κ2) is 4.93. The summed E-state index contributed by atoms with van der Waals surface area (Å²) >= 11 is 0. The van der Waals surface area contributed by atoms with Crippen LogP contribution in [-0.2, 0) is 0 Å². The molecule has 0 aliphatic heterocycles. The first kappa shape index (κ1) is 13.1. The Morgan fingerprint density at radius 2 is 2.00 bits per heavy atom. The molecule has 0 aromatic heterocycles. The molecule has 1 aliphatic carbocycles. The Bertz CT molecular complexity index is 364. The molecule has 1 aromatic rings. The molecule has 0 atom stereocenters. The minimum absolute atomic E-state index is 0. The quantitative estimate of drug-likeness (QED) is 0.883. The van der Waals surface area contributed by atoms with E-state index in [1.807, 2.05) is 25.1 Å². The summed E-state index contributed by atoms with van der Waals surface area (Å²) in [5, 5.41) is 0. The van der Waals surface area contributed by atoms with E-state index in [1.54, 1.807) is 7.11 Å². The molecule has 1 saturated carbocycles. The van der Waals surface area contributed by atoms with Crippen LogP contribution in [0.25, 0.3) is 0 Å². The van der Waals surface area contributed by atoms with Gasteiger partial charge in [-0.1, -0.05) is 6.07 Å². The Balaban J connectivity index is 0.00000128. The van der Waals surface area contributed by atoms with Crippen LogP contribution in [0.1, 0.15) is 18.4 Å². The Kier molecular flexibility index (Phi) is 4.05. The standard InChI is InChI=1S/C12H17NO2.ClH/c1-9-3-4-10(11(7-9)14-2)15-8-12(13)5-6-12;/h3-4,7H,5-6,8,13H2,1-2H3;1H. The van der Waals surface area contributed by atoms with Crippen LogP contribution in [0.4, 0.5) is 0 Å². The first-order valence-electron chi connectivity index (χ1n) is 5.19. The largest absolute Gasteiger partial charge is 0.493 e. The Morgan fingerprint density at radius 1 is 1.31 bits per heavy atom. The molecule has 0 bridgehead atoms. The fraction of sp³-hybridized carbons (Fsp3) is 0.500. The number of rotatable bonds is 4. The average molecular weight is 244 g/mol. The van der Waals surface area contributed by atoms with Crippen molar-refractivity contribution >= 4 is 12.4 Å². The molecule has 90 valence electrons. The van der Waals surface area contributed by atoms with Gasteiger partial charge in [-0.05, 0) is 37.5 Å². The highest BCUT2D eigenvalue weighted by molar-refractivity contribution is 5.85. The predicted molar refractivity (Wildman–Crippen MR) is 66.6 cm³/mol. The summed E-state index contributed by atoms with van der Waals surface area (Å²) in [7, 11) is 1.65. The van der Waals surface area contributed by atoms with E-state index in [0.29, 0.717) is 6.61 Å². The van der Waals surface area contributed by atoms with Crippen LogP contribution < -0.4 is 15.2 Å². The fourth-order valence-corrected chi connectivity index (χ4v) is 1.42. The summed E-state index contributed by atoms with van der Waals surface area (Å²) in [5.41, 5.74) is 7.02. The van der Waals surface area contributed by atoms with E-state index in [4.69, 9.17) is 15.2 Å². The van der Waals surface area contributed by atoms with Gasteiger partial charge in [-0.2, -0.15) is 0 Å². The maximum absolute atomic E-state index is 5.95. The Morgan fingerprint density at radius 3 is 2.56 bits per heavy atom. The Hall–Kier alpha value is -0.930. The lowest BCUT2D eigenvalue weighted by molar-refractivity contribution is 0.264. The van der Waals surface area contributed by atoms with Crippen molar-refractivity contribution in [3.05, 3.63) is 23.8 Å².